The molecule has 0 unspecified atom stereocenters. The minimum atomic E-state index is -3.58. The van der Waals surface area contributed by atoms with Gasteiger partial charge in [-0.3, -0.25) is 13.9 Å². The zero-order valence-corrected chi connectivity index (χ0v) is 24.2. The van der Waals surface area contributed by atoms with Crippen LogP contribution >= 0.6 is 0 Å². The van der Waals surface area contributed by atoms with Gasteiger partial charge in [-0.05, 0) is 60.7 Å². The van der Waals surface area contributed by atoms with Crippen LogP contribution in [0.5, 0.6) is 0 Å². The Kier molecular flexibility index (Phi) is 11.3. The number of halogens is 1. The molecule has 3 aromatic rings. The molecule has 0 saturated heterocycles. The standard InChI is InChI=1S/C31H38FN3O4S/c1-4-19-33-31(37)29(22-25-11-6-5-7-12-25)34(23-26-15-17-27(32)18-16-26)30(36)14-9-20-35(40(3,38)39)28-13-8-10-24(2)21-28/h5-8,10-13,15-18,21,29H,4,9,14,19-20,22-23H2,1-3H3,(H,33,37)/t29-/m0/s1. The van der Waals surface area contributed by atoms with E-state index in [0.29, 0.717) is 24.2 Å². The molecule has 0 aliphatic carbocycles. The molecule has 0 spiro atoms. The highest BCUT2D eigenvalue weighted by Gasteiger charge is 2.30. The van der Waals surface area contributed by atoms with Gasteiger partial charge in [0.1, 0.15) is 11.9 Å². The number of nitrogens with one attached hydrogen (secondary N) is 1. The molecule has 214 valence electrons. The topological polar surface area (TPSA) is 86.8 Å². The molecule has 1 N–H and O–H groups in total. The summed E-state index contributed by atoms with van der Waals surface area (Å²) in [6.45, 7) is 4.54. The lowest BCUT2D eigenvalue weighted by Crippen LogP contribution is -2.50. The number of anilines is 1. The molecule has 0 saturated carbocycles. The van der Waals surface area contributed by atoms with E-state index in [1.165, 1.54) is 21.3 Å². The van der Waals surface area contributed by atoms with Crippen molar-refractivity contribution in [3.63, 3.8) is 0 Å². The van der Waals surface area contributed by atoms with Gasteiger partial charge in [0.2, 0.25) is 21.8 Å². The minimum absolute atomic E-state index is 0.0331. The predicted molar refractivity (Wildman–Crippen MR) is 157 cm³/mol. The van der Waals surface area contributed by atoms with E-state index in [1.54, 1.807) is 30.3 Å². The third kappa shape index (κ3) is 9.19. The number of sulfonamides is 1. The van der Waals surface area contributed by atoms with Gasteiger partial charge in [-0.1, -0.05) is 61.5 Å². The first kappa shape index (κ1) is 30.8. The van der Waals surface area contributed by atoms with Crippen molar-refractivity contribution in [3.8, 4) is 0 Å². The fourth-order valence-electron chi connectivity index (χ4n) is 4.49. The van der Waals surface area contributed by atoms with E-state index in [0.717, 1.165) is 23.8 Å². The van der Waals surface area contributed by atoms with Crippen molar-refractivity contribution in [1.82, 2.24) is 10.2 Å². The lowest BCUT2D eigenvalue weighted by atomic mass is 10.0. The lowest BCUT2D eigenvalue weighted by molar-refractivity contribution is -0.141. The highest BCUT2D eigenvalue weighted by molar-refractivity contribution is 7.92. The molecular weight excluding hydrogens is 529 g/mol. The number of hydrogen-bond donors (Lipinski definition) is 1. The first-order chi connectivity index (χ1) is 19.1. The number of nitrogens with zero attached hydrogens (tertiary/aromatic N) is 2. The van der Waals surface area contributed by atoms with Crippen LogP contribution in [0, 0.1) is 12.7 Å². The molecule has 2 amide bonds. The number of hydrogen-bond acceptors (Lipinski definition) is 4. The number of rotatable bonds is 14. The Morgan fingerprint density at radius 3 is 2.27 bits per heavy atom. The van der Waals surface area contributed by atoms with Gasteiger partial charge in [-0.15, -0.1) is 0 Å². The van der Waals surface area contributed by atoms with E-state index in [2.05, 4.69) is 5.32 Å². The van der Waals surface area contributed by atoms with Crippen molar-refractivity contribution in [1.29, 1.82) is 0 Å². The van der Waals surface area contributed by atoms with Crippen molar-refractivity contribution >= 4 is 27.5 Å². The summed E-state index contributed by atoms with van der Waals surface area (Å²) in [7, 11) is -3.58. The Morgan fingerprint density at radius 2 is 1.65 bits per heavy atom. The second kappa shape index (κ2) is 14.6. The van der Waals surface area contributed by atoms with Crippen LogP contribution < -0.4 is 9.62 Å². The molecule has 0 heterocycles. The molecular formula is C31H38FN3O4S. The molecule has 0 bridgehead atoms. The average molecular weight is 568 g/mol. The number of aryl methyl sites for hydroxylation is 1. The van der Waals surface area contributed by atoms with Crippen LogP contribution in [0.4, 0.5) is 10.1 Å². The predicted octanol–water partition coefficient (Wildman–Crippen LogP) is 4.85. The molecule has 0 aliphatic heterocycles. The van der Waals surface area contributed by atoms with E-state index in [9.17, 15) is 22.4 Å². The summed E-state index contributed by atoms with van der Waals surface area (Å²) >= 11 is 0. The van der Waals surface area contributed by atoms with E-state index >= 15 is 0 Å². The van der Waals surface area contributed by atoms with Gasteiger partial charge in [0.15, 0.2) is 0 Å². The summed E-state index contributed by atoms with van der Waals surface area (Å²) in [6, 6.07) is 21.7. The third-order valence-electron chi connectivity index (χ3n) is 6.53. The zero-order valence-electron chi connectivity index (χ0n) is 23.3. The number of carbonyl (C=O) groups excluding carboxylic acids is 2. The minimum Gasteiger partial charge on any atom is -0.354 e. The molecule has 7 nitrogen and oxygen atoms in total. The van der Waals surface area contributed by atoms with Crippen LogP contribution in [0.1, 0.15) is 42.9 Å². The molecule has 3 aromatic carbocycles. The Hall–Kier alpha value is -3.72. The van der Waals surface area contributed by atoms with Crippen LogP contribution in [0.2, 0.25) is 0 Å². The molecule has 9 heteroatoms. The van der Waals surface area contributed by atoms with Crippen molar-refractivity contribution in [2.45, 2.75) is 52.1 Å². The largest absolute Gasteiger partial charge is 0.354 e. The summed E-state index contributed by atoms with van der Waals surface area (Å²) in [4.78, 5) is 28.7. The molecule has 1 atom stereocenters. The first-order valence-electron chi connectivity index (χ1n) is 13.5. The maximum Gasteiger partial charge on any atom is 0.243 e. The van der Waals surface area contributed by atoms with Crippen molar-refractivity contribution in [2.75, 3.05) is 23.7 Å². The maximum atomic E-state index is 13.8. The van der Waals surface area contributed by atoms with Crippen LogP contribution in [0.3, 0.4) is 0 Å². The fourth-order valence-corrected chi connectivity index (χ4v) is 5.45. The van der Waals surface area contributed by atoms with Crippen LogP contribution in [-0.4, -0.2) is 50.5 Å². The van der Waals surface area contributed by atoms with Gasteiger partial charge in [-0.25, -0.2) is 12.8 Å². The van der Waals surface area contributed by atoms with Gasteiger partial charge < -0.3 is 10.2 Å². The molecule has 40 heavy (non-hydrogen) atoms. The van der Waals surface area contributed by atoms with Gasteiger partial charge in [0.25, 0.3) is 0 Å². The number of carbonyl (C=O) groups is 2. The van der Waals surface area contributed by atoms with E-state index < -0.39 is 16.1 Å². The normalized spacial score (nSPS) is 12.0. The lowest BCUT2D eigenvalue weighted by Gasteiger charge is -2.32. The van der Waals surface area contributed by atoms with Crippen LogP contribution in [0.25, 0.3) is 0 Å². The molecule has 3 rings (SSSR count). The second-order valence-electron chi connectivity index (χ2n) is 9.92. The van der Waals surface area contributed by atoms with Gasteiger partial charge in [0, 0.05) is 32.5 Å². The van der Waals surface area contributed by atoms with Crippen molar-refractivity contribution < 1.29 is 22.4 Å². The molecule has 0 aliphatic rings. The van der Waals surface area contributed by atoms with Crippen molar-refractivity contribution in [3.05, 3.63) is 101 Å². The van der Waals surface area contributed by atoms with Crippen LogP contribution in [0.15, 0.2) is 78.9 Å². The smallest absolute Gasteiger partial charge is 0.243 e. The highest BCUT2D eigenvalue weighted by Crippen LogP contribution is 2.21. The quantitative estimate of drug-likeness (QED) is 0.302. The molecule has 0 fully saturated rings. The summed E-state index contributed by atoms with van der Waals surface area (Å²) < 4.78 is 40.0. The summed E-state index contributed by atoms with van der Waals surface area (Å²) in [5.41, 5.74) is 3.06. The Labute approximate surface area is 237 Å². The zero-order chi connectivity index (χ0) is 29.1. The summed E-state index contributed by atoms with van der Waals surface area (Å²) in [5.74, 6) is -0.937. The summed E-state index contributed by atoms with van der Waals surface area (Å²) in [6.07, 6.45) is 2.49. The molecule has 0 aromatic heterocycles. The number of benzene rings is 3. The van der Waals surface area contributed by atoms with Gasteiger partial charge in [-0.2, -0.15) is 0 Å². The number of amides is 2. The Morgan fingerprint density at radius 1 is 0.950 bits per heavy atom. The fraction of sp³-hybridized carbons (Fsp3) is 0.355. The second-order valence-corrected chi connectivity index (χ2v) is 11.8. The maximum absolute atomic E-state index is 13.8. The highest BCUT2D eigenvalue weighted by atomic mass is 32.2. The summed E-state index contributed by atoms with van der Waals surface area (Å²) in [5, 5.41) is 2.92. The van der Waals surface area contributed by atoms with E-state index in [1.807, 2.05) is 50.2 Å². The first-order valence-corrected chi connectivity index (χ1v) is 15.3. The molecule has 0 radical (unpaired) electrons. The third-order valence-corrected chi connectivity index (χ3v) is 7.72. The average Bonchev–Trinajstić information content (AvgIpc) is 2.92. The van der Waals surface area contributed by atoms with E-state index in [-0.39, 0.29) is 43.6 Å². The Bertz CT molecular complexity index is 1360. The monoisotopic (exact) mass is 567 g/mol. The SMILES string of the molecule is CCCNC(=O)[C@H](Cc1ccccc1)N(Cc1ccc(F)cc1)C(=O)CCCN(c1cccc(C)c1)S(C)(=O)=O. The van der Waals surface area contributed by atoms with Gasteiger partial charge in [0.05, 0.1) is 11.9 Å². The van der Waals surface area contributed by atoms with Crippen molar-refractivity contribution in [2.24, 2.45) is 0 Å². The van der Waals surface area contributed by atoms with E-state index in [4.69, 9.17) is 0 Å². The van der Waals surface area contributed by atoms with Crippen LogP contribution in [-0.2, 0) is 32.6 Å². The Balaban J connectivity index is 1.86. The van der Waals surface area contributed by atoms with Gasteiger partial charge >= 0.3 is 0 Å².